The summed E-state index contributed by atoms with van der Waals surface area (Å²) in [5, 5.41) is 12.5. The van der Waals surface area contributed by atoms with Gasteiger partial charge in [0.05, 0.1) is 5.39 Å². The largest absolute Gasteiger partial charge is 0.618 e. The number of fused-ring (bicyclic) bond motifs is 1. The molecule has 2 rings (SSSR count). The molecule has 0 saturated carbocycles. The van der Waals surface area contributed by atoms with Crippen molar-refractivity contribution >= 4 is 10.9 Å². The molecule has 0 radical (unpaired) electrons. The third-order valence-corrected chi connectivity index (χ3v) is 2.34. The highest BCUT2D eigenvalue weighted by atomic mass is 16.5. The molecule has 0 amide bonds. The molecule has 0 N–H and O–H groups in total. The maximum Gasteiger partial charge on any atom is 0.226 e. The lowest BCUT2D eigenvalue weighted by atomic mass is 10.1. The van der Waals surface area contributed by atoms with Crippen LogP contribution in [0.2, 0.25) is 0 Å². The number of aromatic nitrogens is 1. The Balaban J connectivity index is 3.00. The van der Waals surface area contributed by atoms with Crippen LogP contribution in [0, 0.1) is 19.1 Å². The molecule has 1 aromatic carbocycles. The number of rotatable bonds is 0. The third kappa shape index (κ3) is 1.15. The van der Waals surface area contributed by atoms with Crippen molar-refractivity contribution in [3.05, 3.63) is 46.8 Å². The van der Waals surface area contributed by atoms with Gasteiger partial charge in [-0.15, -0.1) is 0 Å². The molecule has 13 heavy (non-hydrogen) atoms. The molecular formula is C11H11NO. The van der Waals surface area contributed by atoms with Crippen LogP contribution in [-0.4, -0.2) is 0 Å². The molecule has 0 saturated heterocycles. The Morgan fingerprint density at radius 3 is 2.46 bits per heavy atom. The van der Waals surface area contributed by atoms with E-state index in [0.29, 0.717) is 0 Å². The number of hydrogen-bond acceptors (Lipinski definition) is 1. The molecule has 0 fully saturated rings. The molecule has 66 valence electrons. The summed E-state index contributed by atoms with van der Waals surface area (Å²) in [5.74, 6) is 0. The summed E-state index contributed by atoms with van der Waals surface area (Å²) in [7, 11) is 0. The summed E-state index contributed by atoms with van der Waals surface area (Å²) in [6.45, 7) is 3.97. The molecule has 0 aliphatic heterocycles. The zero-order valence-corrected chi connectivity index (χ0v) is 7.74. The van der Waals surface area contributed by atoms with Crippen molar-refractivity contribution in [3.63, 3.8) is 0 Å². The van der Waals surface area contributed by atoms with Gasteiger partial charge >= 0.3 is 0 Å². The Morgan fingerprint density at radius 1 is 1.08 bits per heavy atom. The Bertz CT molecular complexity index is 455. The van der Waals surface area contributed by atoms with Gasteiger partial charge < -0.3 is 5.21 Å². The van der Waals surface area contributed by atoms with E-state index in [0.717, 1.165) is 26.8 Å². The van der Waals surface area contributed by atoms with Gasteiger partial charge in [-0.3, -0.25) is 0 Å². The molecule has 0 unspecified atom stereocenters. The van der Waals surface area contributed by atoms with E-state index in [1.165, 1.54) is 6.20 Å². The lowest BCUT2D eigenvalue weighted by molar-refractivity contribution is -0.577. The second kappa shape index (κ2) is 2.73. The van der Waals surface area contributed by atoms with Gasteiger partial charge in [0.25, 0.3) is 0 Å². The Morgan fingerprint density at radius 2 is 1.77 bits per heavy atom. The molecule has 0 bridgehead atoms. The lowest BCUT2D eigenvalue weighted by Crippen LogP contribution is -2.26. The first-order valence-electron chi connectivity index (χ1n) is 4.28. The summed E-state index contributed by atoms with van der Waals surface area (Å²) < 4.78 is 0.928. The predicted octanol–water partition coefficient (Wildman–Crippen LogP) is 2.09. The van der Waals surface area contributed by atoms with Gasteiger partial charge in [-0.1, -0.05) is 12.1 Å². The van der Waals surface area contributed by atoms with E-state index >= 15 is 0 Å². The fourth-order valence-electron chi connectivity index (χ4n) is 1.61. The van der Waals surface area contributed by atoms with Crippen LogP contribution in [0.3, 0.4) is 0 Å². The van der Waals surface area contributed by atoms with Crippen LogP contribution >= 0.6 is 0 Å². The van der Waals surface area contributed by atoms with E-state index in [4.69, 9.17) is 0 Å². The van der Waals surface area contributed by atoms with Crippen molar-refractivity contribution in [2.75, 3.05) is 0 Å². The quantitative estimate of drug-likeness (QED) is 0.442. The van der Waals surface area contributed by atoms with Crippen molar-refractivity contribution in [3.8, 4) is 0 Å². The van der Waals surface area contributed by atoms with Gasteiger partial charge in [0, 0.05) is 11.6 Å². The van der Waals surface area contributed by atoms with Crippen molar-refractivity contribution < 1.29 is 4.73 Å². The van der Waals surface area contributed by atoms with E-state index in [1.54, 1.807) is 6.07 Å². The summed E-state index contributed by atoms with van der Waals surface area (Å²) >= 11 is 0. The Kier molecular flexibility index (Phi) is 1.69. The fraction of sp³-hybridized carbons (Fsp3) is 0.182. The van der Waals surface area contributed by atoms with Crippen molar-refractivity contribution in [2.24, 2.45) is 0 Å². The normalized spacial score (nSPS) is 10.6. The first kappa shape index (κ1) is 8.05. The molecule has 1 aromatic heterocycles. The minimum Gasteiger partial charge on any atom is -0.618 e. The number of pyridine rings is 1. The number of aryl methyl sites for hydroxylation is 2. The van der Waals surface area contributed by atoms with Gasteiger partial charge in [-0.25, -0.2) is 0 Å². The van der Waals surface area contributed by atoms with Crippen LogP contribution in [0.15, 0.2) is 30.5 Å². The monoisotopic (exact) mass is 173 g/mol. The molecule has 2 aromatic rings. The van der Waals surface area contributed by atoms with Crippen LogP contribution in [0.4, 0.5) is 0 Å². The molecule has 0 aliphatic carbocycles. The summed E-state index contributed by atoms with van der Waals surface area (Å²) in [5.41, 5.74) is 2.95. The number of benzene rings is 1. The average molecular weight is 173 g/mol. The minimum atomic E-state index is 0.780. The number of nitrogens with zero attached hydrogens (tertiary/aromatic N) is 1. The van der Waals surface area contributed by atoms with Gasteiger partial charge in [0.15, 0.2) is 6.20 Å². The first-order valence-corrected chi connectivity index (χ1v) is 4.28. The van der Waals surface area contributed by atoms with Gasteiger partial charge in [-0.05, 0) is 25.5 Å². The molecule has 2 heteroatoms. The molecular weight excluding hydrogens is 162 g/mol. The molecule has 0 spiro atoms. The molecule has 0 aliphatic rings. The maximum atomic E-state index is 11.5. The highest BCUT2D eigenvalue weighted by Crippen LogP contribution is 2.17. The summed E-state index contributed by atoms with van der Waals surface area (Å²) in [6, 6.07) is 7.78. The van der Waals surface area contributed by atoms with E-state index in [9.17, 15) is 5.21 Å². The zero-order chi connectivity index (χ0) is 9.42. The molecule has 0 atom stereocenters. The zero-order valence-electron chi connectivity index (χ0n) is 7.74. The van der Waals surface area contributed by atoms with Gasteiger partial charge in [-0.2, -0.15) is 4.73 Å². The molecule has 1 heterocycles. The SMILES string of the molecule is Cc1ccc(C)c2c1ccc[n+]2[O-]. The summed E-state index contributed by atoms with van der Waals surface area (Å²) in [6.07, 6.45) is 1.54. The topological polar surface area (TPSA) is 26.9 Å². The standard InChI is InChI=1S/C11H11NO/c1-8-5-6-9(2)11-10(8)4-3-7-12(11)13/h3-7H,1-2H3. The van der Waals surface area contributed by atoms with E-state index in [1.807, 2.05) is 32.0 Å². The van der Waals surface area contributed by atoms with Crippen LogP contribution in [0.25, 0.3) is 10.9 Å². The average Bonchev–Trinajstić information content (AvgIpc) is 2.12. The second-order valence-electron chi connectivity index (χ2n) is 3.30. The highest BCUT2D eigenvalue weighted by Gasteiger charge is 2.07. The number of hydrogen-bond donors (Lipinski definition) is 0. The van der Waals surface area contributed by atoms with E-state index in [-0.39, 0.29) is 0 Å². The van der Waals surface area contributed by atoms with Crippen LogP contribution < -0.4 is 4.73 Å². The lowest BCUT2D eigenvalue weighted by Gasteiger charge is -2.05. The smallest absolute Gasteiger partial charge is 0.226 e. The van der Waals surface area contributed by atoms with E-state index in [2.05, 4.69) is 0 Å². The van der Waals surface area contributed by atoms with Crippen LogP contribution in [0.1, 0.15) is 11.1 Å². The second-order valence-corrected chi connectivity index (χ2v) is 3.30. The van der Waals surface area contributed by atoms with Crippen molar-refractivity contribution in [1.29, 1.82) is 0 Å². The van der Waals surface area contributed by atoms with Gasteiger partial charge in [0.2, 0.25) is 5.52 Å². The Labute approximate surface area is 77.0 Å². The highest BCUT2D eigenvalue weighted by molar-refractivity contribution is 5.82. The van der Waals surface area contributed by atoms with Crippen LogP contribution in [-0.2, 0) is 0 Å². The maximum absolute atomic E-state index is 11.5. The van der Waals surface area contributed by atoms with Crippen molar-refractivity contribution in [2.45, 2.75) is 13.8 Å². The summed E-state index contributed by atoms with van der Waals surface area (Å²) in [4.78, 5) is 0. The first-order chi connectivity index (χ1) is 6.20. The minimum absolute atomic E-state index is 0.780. The molecule has 2 nitrogen and oxygen atoms in total. The van der Waals surface area contributed by atoms with Crippen molar-refractivity contribution in [1.82, 2.24) is 0 Å². The van der Waals surface area contributed by atoms with E-state index < -0.39 is 0 Å². The van der Waals surface area contributed by atoms with Crippen LogP contribution in [0.5, 0.6) is 0 Å². The fourth-order valence-corrected chi connectivity index (χ4v) is 1.61. The third-order valence-electron chi connectivity index (χ3n) is 2.34. The predicted molar refractivity (Wildman–Crippen MR) is 52.4 cm³/mol. The Hall–Kier alpha value is -1.57. The van der Waals surface area contributed by atoms with Gasteiger partial charge in [0.1, 0.15) is 0 Å².